The first kappa shape index (κ1) is 12.6. The van der Waals surface area contributed by atoms with Crippen LogP contribution in [0, 0.1) is 0 Å². The summed E-state index contributed by atoms with van der Waals surface area (Å²) in [5.41, 5.74) is 0. The average Bonchev–Trinajstić information content (AvgIpc) is 2.35. The molecule has 0 heterocycles. The molecule has 0 aliphatic carbocycles. The zero-order valence-corrected chi connectivity index (χ0v) is 10.5. The minimum Gasteiger partial charge on any atom is -0.507 e. The molecule has 3 heteroatoms. The molecule has 0 fully saturated rings. The van der Waals surface area contributed by atoms with E-state index < -0.39 is 0 Å². The highest BCUT2D eigenvalue weighted by molar-refractivity contribution is 9.10. The maximum absolute atomic E-state index is 8.87. The monoisotopic (exact) mass is 280 g/mol. The van der Waals surface area contributed by atoms with Gasteiger partial charge in [-0.15, -0.1) is 0 Å². The van der Waals surface area contributed by atoms with Gasteiger partial charge in [-0.1, -0.05) is 30.3 Å². The number of hydrogen-bond donors (Lipinski definition) is 1. The van der Waals surface area contributed by atoms with Gasteiger partial charge in [0.05, 0.1) is 11.6 Å². The summed E-state index contributed by atoms with van der Waals surface area (Å²) in [4.78, 5) is 0. The highest BCUT2D eigenvalue weighted by atomic mass is 79.9. The molecular weight excluding hydrogens is 268 g/mol. The second kappa shape index (κ2) is 6.90. The number of para-hydroxylation sites is 2. The molecule has 0 atom stereocenters. The minimum atomic E-state index is 0.285. The van der Waals surface area contributed by atoms with Crippen molar-refractivity contribution in [3.63, 3.8) is 0 Å². The molecule has 84 valence electrons. The first-order valence-corrected chi connectivity index (χ1v) is 5.56. The molecule has 0 bridgehead atoms. The second-order valence-electron chi connectivity index (χ2n) is 2.97. The summed E-state index contributed by atoms with van der Waals surface area (Å²) in [6.45, 7) is 0. The van der Waals surface area contributed by atoms with Crippen molar-refractivity contribution in [2.24, 2.45) is 0 Å². The third kappa shape index (κ3) is 4.36. The number of aromatic hydroxyl groups is 1. The van der Waals surface area contributed by atoms with Gasteiger partial charge in [0.2, 0.25) is 0 Å². The lowest BCUT2D eigenvalue weighted by Gasteiger charge is -1.93. The van der Waals surface area contributed by atoms with Gasteiger partial charge in [0.25, 0.3) is 0 Å². The van der Waals surface area contributed by atoms with Crippen LogP contribution in [0.25, 0.3) is 0 Å². The first-order chi connectivity index (χ1) is 7.74. The van der Waals surface area contributed by atoms with Crippen LogP contribution in [-0.4, -0.2) is 12.2 Å². The van der Waals surface area contributed by atoms with Crippen molar-refractivity contribution in [1.82, 2.24) is 0 Å². The Hall–Kier alpha value is -1.48. The fourth-order valence-corrected chi connectivity index (χ4v) is 1.29. The Kier molecular flexibility index (Phi) is 5.43. The molecule has 0 saturated carbocycles. The molecule has 0 aliphatic rings. The SMILES string of the molecule is COc1ccccc1.Oc1ccccc1Br. The number of hydrogen-bond acceptors (Lipinski definition) is 2. The fourth-order valence-electron chi connectivity index (χ4n) is 1.01. The van der Waals surface area contributed by atoms with E-state index in [9.17, 15) is 0 Å². The molecule has 0 unspecified atom stereocenters. The van der Waals surface area contributed by atoms with Crippen molar-refractivity contribution in [3.8, 4) is 11.5 Å². The summed E-state index contributed by atoms with van der Waals surface area (Å²) in [6.07, 6.45) is 0. The van der Waals surface area contributed by atoms with E-state index >= 15 is 0 Å². The smallest absolute Gasteiger partial charge is 0.129 e. The van der Waals surface area contributed by atoms with Crippen LogP contribution in [0.4, 0.5) is 0 Å². The van der Waals surface area contributed by atoms with Crippen LogP contribution in [0.3, 0.4) is 0 Å². The van der Waals surface area contributed by atoms with Gasteiger partial charge in [-0.05, 0) is 40.2 Å². The van der Waals surface area contributed by atoms with Crippen molar-refractivity contribution in [3.05, 3.63) is 59.1 Å². The lowest BCUT2D eigenvalue weighted by molar-refractivity contribution is 0.415. The summed E-state index contributed by atoms with van der Waals surface area (Å²) < 4.78 is 5.65. The average molecular weight is 281 g/mol. The number of ether oxygens (including phenoxy) is 1. The molecule has 0 saturated heterocycles. The number of phenols is 1. The van der Waals surface area contributed by atoms with Gasteiger partial charge in [0.1, 0.15) is 11.5 Å². The molecule has 16 heavy (non-hydrogen) atoms. The van der Waals surface area contributed by atoms with Gasteiger partial charge in [-0.25, -0.2) is 0 Å². The molecule has 2 aromatic carbocycles. The van der Waals surface area contributed by atoms with Crippen molar-refractivity contribution in [1.29, 1.82) is 0 Å². The Balaban J connectivity index is 0.000000160. The number of rotatable bonds is 1. The third-order valence-corrected chi connectivity index (χ3v) is 2.50. The van der Waals surface area contributed by atoms with Gasteiger partial charge in [-0.3, -0.25) is 0 Å². The molecule has 0 amide bonds. The second-order valence-corrected chi connectivity index (χ2v) is 3.82. The van der Waals surface area contributed by atoms with Crippen LogP contribution in [0.15, 0.2) is 59.1 Å². The zero-order chi connectivity index (χ0) is 11.8. The van der Waals surface area contributed by atoms with E-state index in [1.807, 2.05) is 36.4 Å². The standard InChI is InChI=1S/C7H8O.C6H5BrO/c1-8-7-5-3-2-4-6-7;7-5-3-1-2-4-6(5)8/h2-6H,1H3;1-4,8H. The predicted molar refractivity (Wildman–Crippen MR) is 68.8 cm³/mol. The van der Waals surface area contributed by atoms with E-state index in [0.717, 1.165) is 10.2 Å². The van der Waals surface area contributed by atoms with Crippen LogP contribution in [0.5, 0.6) is 11.5 Å². The van der Waals surface area contributed by atoms with E-state index in [0.29, 0.717) is 0 Å². The Bertz CT molecular complexity index is 394. The first-order valence-electron chi connectivity index (χ1n) is 4.76. The van der Waals surface area contributed by atoms with Gasteiger partial charge in [-0.2, -0.15) is 0 Å². The molecule has 2 rings (SSSR count). The van der Waals surface area contributed by atoms with Crippen LogP contribution < -0.4 is 4.74 Å². The molecular formula is C13H13BrO2. The quantitative estimate of drug-likeness (QED) is 0.860. The van der Waals surface area contributed by atoms with Gasteiger partial charge >= 0.3 is 0 Å². The Morgan fingerprint density at radius 2 is 1.50 bits per heavy atom. The molecule has 0 spiro atoms. The summed E-state index contributed by atoms with van der Waals surface area (Å²) in [7, 11) is 1.66. The summed E-state index contributed by atoms with van der Waals surface area (Å²) in [5, 5.41) is 8.87. The van der Waals surface area contributed by atoms with Crippen LogP contribution in [-0.2, 0) is 0 Å². The van der Waals surface area contributed by atoms with Crippen molar-refractivity contribution in [2.75, 3.05) is 7.11 Å². The number of methoxy groups -OCH3 is 1. The Labute approximate surface area is 104 Å². The molecule has 0 aliphatic heterocycles. The maximum atomic E-state index is 8.87. The molecule has 1 N–H and O–H groups in total. The van der Waals surface area contributed by atoms with E-state index in [2.05, 4.69) is 15.9 Å². The number of benzene rings is 2. The summed E-state index contributed by atoms with van der Waals surface area (Å²) in [5.74, 6) is 1.19. The topological polar surface area (TPSA) is 29.5 Å². The van der Waals surface area contributed by atoms with Crippen molar-refractivity contribution >= 4 is 15.9 Å². The third-order valence-electron chi connectivity index (χ3n) is 1.83. The summed E-state index contributed by atoms with van der Waals surface area (Å²) >= 11 is 3.15. The highest BCUT2D eigenvalue weighted by Crippen LogP contribution is 2.21. The van der Waals surface area contributed by atoms with Gasteiger partial charge < -0.3 is 9.84 Å². The highest BCUT2D eigenvalue weighted by Gasteiger charge is 1.89. The zero-order valence-electron chi connectivity index (χ0n) is 8.93. The van der Waals surface area contributed by atoms with Crippen LogP contribution >= 0.6 is 15.9 Å². The maximum Gasteiger partial charge on any atom is 0.129 e. The van der Waals surface area contributed by atoms with E-state index in [1.165, 1.54) is 0 Å². The van der Waals surface area contributed by atoms with Crippen LogP contribution in [0.1, 0.15) is 0 Å². The largest absolute Gasteiger partial charge is 0.507 e. The Morgan fingerprint density at radius 1 is 0.938 bits per heavy atom. The number of halogens is 1. The fraction of sp³-hybridized carbons (Fsp3) is 0.0769. The Morgan fingerprint density at radius 3 is 1.88 bits per heavy atom. The van der Waals surface area contributed by atoms with Gasteiger partial charge in [0.15, 0.2) is 0 Å². The van der Waals surface area contributed by atoms with E-state index in [1.54, 1.807) is 25.3 Å². The number of phenolic OH excluding ortho intramolecular Hbond substituents is 1. The molecule has 0 aromatic heterocycles. The van der Waals surface area contributed by atoms with E-state index in [-0.39, 0.29) is 5.75 Å². The van der Waals surface area contributed by atoms with Gasteiger partial charge in [0, 0.05) is 0 Å². The predicted octanol–water partition coefficient (Wildman–Crippen LogP) is 3.85. The lowest BCUT2D eigenvalue weighted by Crippen LogP contribution is -1.78. The minimum absolute atomic E-state index is 0.285. The summed E-state index contributed by atoms with van der Waals surface area (Å²) in [6, 6.07) is 16.7. The van der Waals surface area contributed by atoms with Crippen molar-refractivity contribution in [2.45, 2.75) is 0 Å². The molecule has 2 nitrogen and oxygen atoms in total. The normalized spacial score (nSPS) is 8.88. The van der Waals surface area contributed by atoms with Crippen LogP contribution in [0.2, 0.25) is 0 Å². The lowest BCUT2D eigenvalue weighted by atomic mass is 10.3. The van der Waals surface area contributed by atoms with Crippen molar-refractivity contribution < 1.29 is 9.84 Å². The van der Waals surface area contributed by atoms with E-state index in [4.69, 9.17) is 9.84 Å². The molecule has 2 aromatic rings. The molecule has 0 radical (unpaired) electrons.